The number of fused-ring (bicyclic) bond motifs is 2. The van der Waals surface area contributed by atoms with E-state index < -0.39 is 192 Å². The number of primary amides is 2. The molecule has 131 heavy (non-hydrogen) atoms. The number of unbranched alkanes of at least 4 members (excludes halogenated alkanes) is 4. The molecule has 0 aliphatic rings. The Balaban J connectivity index is 1.45. The molecule has 15 amide bonds. The van der Waals surface area contributed by atoms with Gasteiger partial charge in [0.2, 0.25) is 88.6 Å². The van der Waals surface area contributed by atoms with Gasteiger partial charge in [0.25, 0.3) is 0 Å². The van der Waals surface area contributed by atoms with Gasteiger partial charge in [0.1, 0.15) is 72.5 Å². The molecule has 5 aromatic rings. The first-order chi connectivity index (χ1) is 62.6. The van der Waals surface area contributed by atoms with Gasteiger partial charge in [0.15, 0.2) is 5.96 Å². The van der Waals surface area contributed by atoms with Gasteiger partial charge in [-0.25, -0.2) is 0 Å². The molecule has 5 rings (SSSR count). The molecule has 0 bridgehead atoms. The van der Waals surface area contributed by atoms with Crippen molar-refractivity contribution in [3.05, 3.63) is 132 Å². The van der Waals surface area contributed by atoms with Crippen LogP contribution in [0.5, 0.6) is 0 Å². The quantitative estimate of drug-likeness (QED) is 0.0138. The molecule has 0 fully saturated rings. The van der Waals surface area contributed by atoms with Crippen molar-refractivity contribution in [3.63, 3.8) is 0 Å². The van der Waals surface area contributed by atoms with E-state index in [1.807, 2.05) is 63.2 Å². The summed E-state index contributed by atoms with van der Waals surface area (Å²) in [5.74, 6) is -13.7. The number of hydrogen-bond donors (Lipinski definition) is 23. The maximum atomic E-state index is 15.3. The number of amides is 15. The van der Waals surface area contributed by atoms with E-state index in [0.717, 1.165) is 10.8 Å². The maximum Gasteiger partial charge on any atom is 0.243 e. The van der Waals surface area contributed by atoms with Gasteiger partial charge in [-0.3, -0.25) is 77.3 Å². The molecule has 31 N–H and O–H groups in total. The van der Waals surface area contributed by atoms with E-state index in [0.29, 0.717) is 105 Å². The molecule has 0 saturated carbocycles. The molecule has 5 aromatic carbocycles. The van der Waals surface area contributed by atoms with Crippen molar-refractivity contribution < 1.29 is 71.9 Å². The molecule has 0 aliphatic carbocycles. The van der Waals surface area contributed by atoms with Crippen LogP contribution in [0.4, 0.5) is 0 Å². The molecule has 0 saturated heterocycles. The third kappa shape index (κ3) is 38.4. The first-order valence-corrected chi connectivity index (χ1v) is 45.7. The number of guanidine groups is 1. The molecule has 0 heterocycles. The Kier molecular flexibility index (Phi) is 48.7. The Labute approximate surface area is 767 Å². The molecule has 15 atom stereocenters. The largest absolute Gasteiger partial charge is 0.370 e. The van der Waals surface area contributed by atoms with E-state index in [4.69, 9.17) is 51.3 Å². The van der Waals surface area contributed by atoms with Crippen LogP contribution in [0.2, 0.25) is 0 Å². The molecule has 0 aliphatic heterocycles. The van der Waals surface area contributed by atoms with Gasteiger partial charge < -0.3 is 120 Å². The SMILES string of the molecule is CCC(C)[C@@H](NC(=O)[C@@H](CCCCN)NC(=O)[C@H](NC(=O)CNC(=O)[C@@H](CCCCN)NC(=O)[C@@H](Cc1cccc2ccccc12)NC(=O)[C@@H](CCCCN)NC(=O)[C@@H](C)NC(=O)[C@@H](CCC(N)=O)NC(=O)[C@@H](Cc1cccc2ccccc12)NC(=O)[C@@H](CCCNC(=N)N)NC(=O)[C@@H](Cc1ccccc1)NC(=O)[C@@H](CC(C)C)NC(=O)[C@H](N)CCCCN)C(C)CC)C(N)=O. The summed E-state index contributed by atoms with van der Waals surface area (Å²) in [7, 11) is 0. The van der Waals surface area contributed by atoms with Crippen LogP contribution in [0.15, 0.2) is 115 Å². The first-order valence-electron chi connectivity index (χ1n) is 45.7. The van der Waals surface area contributed by atoms with Crippen LogP contribution in [0, 0.1) is 23.2 Å². The number of benzene rings is 5. The summed E-state index contributed by atoms with van der Waals surface area (Å²) in [6.07, 6.45) is 3.36. The zero-order valence-corrected chi connectivity index (χ0v) is 76.7. The van der Waals surface area contributed by atoms with Crippen molar-refractivity contribution in [1.29, 1.82) is 5.41 Å². The molecule has 38 nitrogen and oxygen atoms in total. The topological polar surface area (TPSA) is 656 Å². The number of hydrogen-bond acceptors (Lipinski definition) is 21. The van der Waals surface area contributed by atoms with Crippen LogP contribution in [-0.4, -0.2) is 212 Å². The fourth-order valence-corrected chi connectivity index (χ4v) is 14.9. The highest BCUT2D eigenvalue weighted by atomic mass is 16.2. The summed E-state index contributed by atoms with van der Waals surface area (Å²) < 4.78 is 0. The summed E-state index contributed by atoms with van der Waals surface area (Å²) in [6, 6.07) is 16.4. The molecule has 0 spiro atoms. The second kappa shape index (κ2) is 58.4. The Bertz CT molecular complexity index is 4570. The van der Waals surface area contributed by atoms with Crippen molar-refractivity contribution >= 4 is 116 Å². The van der Waals surface area contributed by atoms with Gasteiger partial charge in [-0.2, -0.15) is 0 Å². The summed E-state index contributed by atoms with van der Waals surface area (Å²) in [5, 5.41) is 48.9. The van der Waals surface area contributed by atoms with Crippen LogP contribution < -0.4 is 120 Å². The smallest absolute Gasteiger partial charge is 0.243 e. The molecular weight excluding hydrogens is 1680 g/mol. The fourth-order valence-electron chi connectivity index (χ4n) is 14.9. The van der Waals surface area contributed by atoms with E-state index in [9.17, 15) is 52.7 Å². The van der Waals surface area contributed by atoms with Crippen molar-refractivity contribution in [2.45, 2.75) is 268 Å². The van der Waals surface area contributed by atoms with Crippen molar-refractivity contribution in [3.8, 4) is 0 Å². The zero-order chi connectivity index (χ0) is 96.7. The Morgan fingerprint density at radius 3 is 1.18 bits per heavy atom. The van der Waals surface area contributed by atoms with E-state index in [2.05, 4.69) is 74.4 Å². The van der Waals surface area contributed by atoms with Gasteiger partial charge in [0, 0.05) is 32.2 Å². The van der Waals surface area contributed by atoms with E-state index in [-0.39, 0.29) is 102 Å². The summed E-state index contributed by atoms with van der Waals surface area (Å²) in [5.41, 5.74) is 48.3. The minimum absolute atomic E-state index is 0.00781. The maximum absolute atomic E-state index is 15.3. The highest BCUT2D eigenvalue weighted by molar-refractivity contribution is 6.01. The van der Waals surface area contributed by atoms with Crippen LogP contribution in [-0.2, 0) is 91.2 Å². The lowest BCUT2D eigenvalue weighted by Crippen LogP contribution is -2.61. The van der Waals surface area contributed by atoms with Gasteiger partial charge in [-0.15, -0.1) is 0 Å². The lowest BCUT2D eigenvalue weighted by atomic mass is 9.96. The van der Waals surface area contributed by atoms with E-state index in [1.54, 1.807) is 93.6 Å². The number of nitrogens with two attached hydrogens (primary N) is 8. The number of rotatable bonds is 62. The van der Waals surface area contributed by atoms with Gasteiger partial charge in [-0.05, 0) is 185 Å². The van der Waals surface area contributed by atoms with Crippen molar-refractivity contribution in [1.82, 2.24) is 74.4 Å². The third-order valence-corrected chi connectivity index (χ3v) is 22.9. The highest BCUT2D eigenvalue weighted by Gasteiger charge is 2.39. The Morgan fingerprint density at radius 2 is 0.718 bits per heavy atom. The summed E-state index contributed by atoms with van der Waals surface area (Å²) >= 11 is 0. The zero-order valence-electron chi connectivity index (χ0n) is 76.7. The molecule has 38 heteroatoms. The average molecular weight is 1820 g/mol. The Hall–Kier alpha value is -12.3. The van der Waals surface area contributed by atoms with Gasteiger partial charge in [-0.1, -0.05) is 176 Å². The van der Waals surface area contributed by atoms with Crippen molar-refractivity contribution in [2.75, 3.05) is 39.3 Å². The molecule has 2 unspecified atom stereocenters. The van der Waals surface area contributed by atoms with Crippen LogP contribution in [0.25, 0.3) is 21.5 Å². The van der Waals surface area contributed by atoms with Crippen molar-refractivity contribution in [2.24, 2.45) is 63.6 Å². The standard InChI is InChI=1S/C93H143N23O15/c1-8-56(5)78(80(100)119)116-87(126)69(41-20-24-48-97)110-92(131)79(57(6)9-2)115-77(118)54-104-83(122)67(39-18-22-46-95)107-90(129)74(52-62-34-25-32-60-30-13-15-36-64(60)62)113-85(124)68(40-19-23-47-96)106-81(120)58(7)105-84(123)71(43-44-76(99)117)109-91(130)75(53-63-35-26-33-61-31-14-16-37-65(61)63)114-86(125)70(42-27-49-103-93(101)102)108-89(128)73(51-59-28-11-10-12-29-59)112-88(127)72(50-55(3)4)111-82(121)66(98)38-17-21-45-94/h10-16,25-26,28-37,55-58,66-75,78-79H,8-9,17-24,27,38-54,94-98H2,1-7H3,(H2,99,117)(H2,100,119)(H,104,122)(H,105,123)(H,106,120)(H,107,129)(H,108,128)(H,109,130)(H,110,131)(H,111,121)(H,112,127)(H,113,124)(H,114,125)(H,115,118)(H,116,126)(H4,101,102,103)/t56?,57?,58-,66-,67-,68-,69-,70-,71-,72-,73-,74-,75-,78-,79-/m1/s1. The first kappa shape index (κ1) is 109. The Morgan fingerprint density at radius 1 is 0.344 bits per heavy atom. The number of carbonyl (C=O) groups is 15. The summed E-state index contributed by atoms with van der Waals surface area (Å²) in [4.78, 5) is 215. The van der Waals surface area contributed by atoms with E-state index in [1.165, 1.54) is 6.92 Å². The van der Waals surface area contributed by atoms with Gasteiger partial charge in [0.05, 0.1) is 12.6 Å². The monoisotopic (exact) mass is 1820 g/mol. The molecule has 720 valence electrons. The minimum Gasteiger partial charge on any atom is -0.370 e. The molecular formula is C93H143N23O15. The fraction of sp³-hybridized carbons (Fsp3) is 0.548. The minimum atomic E-state index is -1.67. The number of carbonyl (C=O) groups excluding carboxylic acids is 15. The molecule has 0 aromatic heterocycles. The average Bonchev–Trinajstić information content (AvgIpc) is 0.817. The van der Waals surface area contributed by atoms with Crippen LogP contribution in [0.1, 0.15) is 187 Å². The van der Waals surface area contributed by atoms with E-state index >= 15 is 19.2 Å². The molecule has 0 radical (unpaired) electrons. The predicted molar refractivity (Wildman–Crippen MR) is 502 cm³/mol. The van der Waals surface area contributed by atoms with Crippen LogP contribution in [0.3, 0.4) is 0 Å². The summed E-state index contributed by atoms with van der Waals surface area (Å²) in [6.45, 7) is 12.5. The second-order valence-electron chi connectivity index (χ2n) is 33.9. The van der Waals surface area contributed by atoms with Gasteiger partial charge >= 0.3 is 0 Å². The number of nitrogens with one attached hydrogen (secondary N) is 15. The normalized spacial score (nSPS) is 14.7. The lowest BCUT2D eigenvalue weighted by Gasteiger charge is -2.28. The van der Waals surface area contributed by atoms with Crippen LogP contribution >= 0.6 is 0 Å². The predicted octanol–water partition coefficient (Wildman–Crippen LogP) is -0.0297. The second-order valence-corrected chi connectivity index (χ2v) is 33.9. The highest BCUT2D eigenvalue weighted by Crippen LogP contribution is 2.24. The lowest BCUT2D eigenvalue weighted by molar-refractivity contribution is -0.136. The third-order valence-electron chi connectivity index (χ3n) is 22.9.